The predicted molar refractivity (Wildman–Crippen MR) is 122 cm³/mol. The molecule has 9 heteroatoms. The summed E-state index contributed by atoms with van der Waals surface area (Å²) in [7, 11) is 2.10. The van der Waals surface area contributed by atoms with Gasteiger partial charge in [0.25, 0.3) is 0 Å². The summed E-state index contributed by atoms with van der Waals surface area (Å²) in [6.07, 6.45) is 2.46. The van der Waals surface area contributed by atoms with Crippen molar-refractivity contribution >= 4 is 28.5 Å². The van der Waals surface area contributed by atoms with Gasteiger partial charge in [0, 0.05) is 18.7 Å². The molecule has 5 rings (SSSR count). The lowest BCUT2D eigenvalue weighted by molar-refractivity contribution is 0.306. The highest BCUT2D eigenvalue weighted by atomic mass is 35.5. The summed E-state index contributed by atoms with van der Waals surface area (Å²) < 4.78 is 21.1. The van der Waals surface area contributed by atoms with Gasteiger partial charge in [0.15, 0.2) is 5.65 Å². The van der Waals surface area contributed by atoms with Crippen LogP contribution in [0.3, 0.4) is 0 Å². The Labute approximate surface area is 189 Å². The Morgan fingerprint density at radius 3 is 2.84 bits per heavy atom. The molecule has 2 aromatic heterocycles. The lowest BCUT2D eigenvalue weighted by Crippen LogP contribution is -2.17. The zero-order chi connectivity index (χ0) is 22.2. The van der Waals surface area contributed by atoms with Crippen molar-refractivity contribution in [1.29, 1.82) is 0 Å². The van der Waals surface area contributed by atoms with Gasteiger partial charge in [-0.1, -0.05) is 23.7 Å². The van der Waals surface area contributed by atoms with Crippen molar-refractivity contribution in [3.63, 3.8) is 0 Å². The second-order valence-corrected chi connectivity index (χ2v) is 8.43. The maximum absolute atomic E-state index is 13.4. The fraction of sp³-hybridized carbons (Fsp3) is 0.261. The van der Waals surface area contributed by atoms with E-state index in [1.807, 2.05) is 10.7 Å². The number of nitrogens with zero attached hydrogens (tertiary/aromatic N) is 5. The molecule has 0 aliphatic carbocycles. The van der Waals surface area contributed by atoms with Crippen LogP contribution in [-0.4, -0.2) is 44.8 Å². The van der Waals surface area contributed by atoms with Crippen molar-refractivity contribution in [3.05, 3.63) is 65.2 Å². The highest BCUT2D eigenvalue weighted by molar-refractivity contribution is 6.32. The van der Waals surface area contributed by atoms with Gasteiger partial charge in [-0.3, -0.25) is 0 Å². The molecule has 3 heterocycles. The van der Waals surface area contributed by atoms with Gasteiger partial charge in [0.1, 0.15) is 36.0 Å². The smallest absolute Gasteiger partial charge is 0.164 e. The molecule has 1 aliphatic heterocycles. The second-order valence-electron chi connectivity index (χ2n) is 8.02. The van der Waals surface area contributed by atoms with Crippen molar-refractivity contribution in [3.8, 4) is 17.0 Å². The maximum atomic E-state index is 13.4. The number of nitrogens with two attached hydrogens (primary N) is 1. The molecule has 7 nitrogen and oxygen atoms in total. The van der Waals surface area contributed by atoms with Gasteiger partial charge >= 0.3 is 0 Å². The maximum Gasteiger partial charge on any atom is 0.164 e. The van der Waals surface area contributed by atoms with Crippen LogP contribution in [0.15, 0.2) is 48.8 Å². The van der Waals surface area contributed by atoms with Gasteiger partial charge in [-0.15, -0.1) is 0 Å². The van der Waals surface area contributed by atoms with Crippen LogP contribution in [0.1, 0.15) is 18.0 Å². The van der Waals surface area contributed by atoms with Crippen LogP contribution >= 0.6 is 11.6 Å². The lowest BCUT2D eigenvalue weighted by Gasteiger charge is -2.11. The summed E-state index contributed by atoms with van der Waals surface area (Å²) in [5.74, 6) is 0.582. The minimum Gasteiger partial charge on any atom is -0.487 e. The number of aromatic nitrogens is 4. The van der Waals surface area contributed by atoms with Crippen molar-refractivity contribution in [2.24, 2.45) is 0 Å². The zero-order valence-corrected chi connectivity index (χ0v) is 18.3. The molecule has 4 aromatic rings. The summed E-state index contributed by atoms with van der Waals surface area (Å²) in [5, 5.41) is 6.02. The molecular formula is C23H22ClFN6O. The first-order valence-electron chi connectivity index (χ1n) is 10.3. The Morgan fingerprint density at radius 2 is 2.09 bits per heavy atom. The Bertz CT molecular complexity index is 1290. The number of nitrogen functional groups attached to an aromatic ring is 1. The van der Waals surface area contributed by atoms with Crippen molar-refractivity contribution in [2.75, 3.05) is 25.9 Å². The number of likely N-dealkylation sites (N-methyl/N-ethyl adjacent to an activating group) is 1. The number of hydrogen-bond acceptors (Lipinski definition) is 6. The summed E-state index contributed by atoms with van der Waals surface area (Å²) in [4.78, 5) is 10.9. The Hall–Kier alpha value is -3.23. The Balaban J connectivity index is 1.48. The van der Waals surface area contributed by atoms with Crippen LogP contribution < -0.4 is 10.5 Å². The van der Waals surface area contributed by atoms with E-state index in [1.165, 1.54) is 18.5 Å². The molecule has 0 spiro atoms. The SMILES string of the molecule is CN1CCC(n2nc(-c3ccc(OCc4cccc(F)c4)c(Cl)c3)c3c(N)ncnc32)C1. The van der Waals surface area contributed by atoms with E-state index in [9.17, 15) is 4.39 Å². The number of halogens is 2. The minimum atomic E-state index is -0.303. The van der Waals surface area contributed by atoms with Crippen LogP contribution in [0.2, 0.25) is 5.02 Å². The molecule has 1 aliphatic rings. The molecule has 0 amide bonds. The first-order valence-corrected chi connectivity index (χ1v) is 10.7. The quantitative estimate of drug-likeness (QED) is 0.485. The number of rotatable bonds is 5. The third-order valence-corrected chi connectivity index (χ3v) is 6.01. The average molecular weight is 453 g/mol. The number of likely N-dealkylation sites (tertiary alicyclic amines) is 1. The molecule has 1 saturated heterocycles. The molecule has 0 saturated carbocycles. The molecule has 1 fully saturated rings. The van der Waals surface area contributed by atoms with E-state index in [1.54, 1.807) is 24.3 Å². The van der Waals surface area contributed by atoms with Gasteiger partial charge in [-0.25, -0.2) is 19.0 Å². The lowest BCUT2D eigenvalue weighted by atomic mass is 10.1. The van der Waals surface area contributed by atoms with Crippen LogP contribution in [0, 0.1) is 5.82 Å². The number of hydrogen-bond donors (Lipinski definition) is 1. The van der Waals surface area contributed by atoms with Crippen molar-refractivity contribution in [2.45, 2.75) is 19.1 Å². The molecule has 0 radical (unpaired) electrons. The molecule has 1 unspecified atom stereocenters. The van der Waals surface area contributed by atoms with Gasteiger partial charge < -0.3 is 15.4 Å². The fourth-order valence-corrected chi connectivity index (χ4v) is 4.35. The summed E-state index contributed by atoms with van der Waals surface area (Å²) >= 11 is 6.52. The molecule has 2 aromatic carbocycles. The van der Waals surface area contributed by atoms with Crippen molar-refractivity contribution < 1.29 is 9.13 Å². The van der Waals surface area contributed by atoms with E-state index >= 15 is 0 Å². The van der Waals surface area contributed by atoms with E-state index in [-0.39, 0.29) is 18.5 Å². The standard InChI is InChI=1S/C23H22ClFN6O/c1-30-8-7-17(11-30)31-23-20(22(26)27-13-28-23)21(29-31)15-5-6-19(18(24)10-15)32-12-14-3-2-4-16(25)9-14/h2-6,9-10,13,17H,7-8,11-12H2,1H3,(H2,26,27,28). The van der Waals surface area contributed by atoms with Crippen LogP contribution in [-0.2, 0) is 6.61 Å². The first-order chi connectivity index (χ1) is 15.5. The van der Waals surface area contributed by atoms with Gasteiger partial charge in [-0.05, 0) is 49.4 Å². The molecule has 1 atom stereocenters. The first kappa shape index (κ1) is 20.7. The molecule has 164 valence electrons. The fourth-order valence-electron chi connectivity index (χ4n) is 4.12. The van der Waals surface area contributed by atoms with Crippen LogP contribution in [0.5, 0.6) is 5.75 Å². The zero-order valence-electron chi connectivity index (χ0n) is 17.5. The van der Waals surface area contributed by atoms with E-state index < -0.39 is 0 Å². The minimum absolute atomic E-state index is 0.213. The third-order valence-electron chi connectivity index (χ3n) is 5.72. The Morgan fingerprint density at radius 1 is 1.22 bits per heavy atom. The van der Waals surface area contributed by atoms with E-state index in [0.29, 0.717) is 27.7 Å². The monoisotopic (exact) mass is 452 g/mol. The number of benzene rings is 2. The van der Waals surface area contributed by atoms with Crippen LogP contribution in [0.4, 0.5) is 10.2 Å². The second kappa shape index (κ2) is 8.37. The highest BCUT2D eigenvalue weighted by Crippen LogP contribution is 2.36. The van der Waals surface area contributed by atoms with E-state index in [4.69, 9.17) is 27.2 Å². The highest BCUT2D eigenvalue weighted by Gasteiger charge is 2.27. The number of fused-ring (bicyclic) bond motifs is 1. The Kier molecular flexibility index (Phi) is 5.40. The van der Waals surface area contributed by atoms with Gasteiger partial charge in [0.2, 0.25) is 0 Å². The molecule has 32 heavy (non-hydrogen) atoms. The van der Waals surface area contributed by atoms with E-state index in [0.717, 1.165) is 36.3 Å². The molecule has 0 bridgehead atoms. The van der Waals surface area contributed by atoms with E-state index in [2.05, 4.69) is 21.9 Å². The summed E-state index contributed by atoms with van der Waals surface area (Å²) in [5.41, 5.74) is 9.15. The topological polar surface area (TPSA) is 82.1 Å². The van der Waals surface area contributed by atoms with Crippen molar-refractivity contribution in [1.82, 2.24) is 24.6 Å². The number of anilines is 1. The normalized spacial score (nSPS) is 16.7. The largest absolute Gasteiger partial charge is 0.487 e. The van der Waals surface area contributed by atoms with Gasteiger partial charge in [0.05, 0.1) is 16.5 Å². The third kappa shape index (κ3) is 3.87. The predicted octanol–water partition coefficient (Wildman–Crippen LogP) is 4.32. The molecule has 2 N–H and O–H groups in total. The molecular weight excluding hydrogens is 431 g/mol. The average Bonchev–Trinajstić information content (AvgIpc) is 3.37. The number of ether oxygens (including phenoxy) is 1. The van der Waals surface area contributed by atoms with Gasteiger partial charge in [-0.2, -0.15) is 5.10 Å². The van der Waals surface area contributed by atoms with Crippen LogP contribution in [0.25, 0.3) is 22.3 Å². The summed E-state index contributed by atoms with van der Waals surface area (Å²) in [6.45, 7) is 2.11. The summed E-state index contributed by atoms with van der Waals surface area (Å²) in [6, 6.07) is 12.0.